The van der Waals surface area contributed by atoms with Crippen LogP contribution in [0, 0.1) is 0 Å². The van der Waals surface area contributed by atoms with Crippen LogP contribution in [0.2, 0.25) is 0 Å². The monoisotopic (exact) mass is 299 g/mol. The average Bonchev–Trinajstić information content (AvgIpc) is 2.58. The summed E-state index contributed by atoms with van der Waals surface area (Å²) in [6, 6.07) is 15.1. The fourth-order valence-electron chi connectivity index (χ4n) is 2.19. The number of nitrogens with one attached hydrogen (secondary N) is 1. The van der Waals surface area contributed by atoms with Crippen molar-refractivity contribution in [2.45, 2.75) is 20.1 Å². The number of hydrogen-bond donors (Lipinski definition) is 1. The summed E-state index contributed by atoms with van der Waals surface area (Å²) in [5.74, 6) is 0.422. The van der Waals surface area contributed by atoms with Gasteiger partial charge in [-0.05, 0) is 30.2 Å². The Morgan fingerprint density at radius 2 is 1.73 bits per heavy atom. The molecule has 0 aliphatic rings. The number of carbonyl (C=O) groups excluding carboxylic acids is 1. The molecule has 0 atom stereocenters. The molecule has 116 valence electrons. The smallest absolute Gasteiger partial charge is 0.255 e. The van der Waals surface area contributed by atoms with Crippen molar-refractivity contribution >= 4 is 5.91 Å². The molecule has 2 aromatic carbocycles. The predicted molar refractivity (Wildman–Crippen MR) is 85.9 cm³/mol. The molecule has 0 saturated heterocycles. The highest BCUT2D eigenvalue weighted by Gasteiger charge is 2.11. The number of carbonyl (C=O) groups is 1. The molecule has 2 rings (SSSR count). The van der Waals surface area contributed by atoms with Gasteiger partial charge >= 0.3 is 0 Å². The Morgan fingerprint density at radius 3 is 2.45 bits per heavy atom. The normalized spacial score (nSPS) is 10.3. The molecule has 22 heavy (non-hydrogen) atoms. The van der Waals surface area contributed by atoms with Gasteiger partial charge in [-0.15, -0.1) is 0 Å². The van der Waals surface area contributed by atoms with E-state index in [1.807, 2.05) is 43.3 Å². The zero-order valence-corrected chi connectivity index (χ0v) is 13.0. The summed E-state index contributed by atoms with van der Waals surface area (Å²) in [7, 11) is 1.56. The molecular weight excluding hydrogens is 278 g/mol. The Bertz CT molecular complexity index is 625. The molecule has 0 aliphatic heterocycles. The predicted octanol–water partition coefficient (Wildman–Crippen LogP) is 3.16. The minimum absolute atomic E-state index is 0.149. The lowest BCUT2D eigenvalue weighted by molar-refractivity contribution is 0.0946. The maximum Gasteiger partial charge on any atom is 0.255 e. The number of amides is 1. The summed E-state index contributed by atoms with van der Waals surface area (Å²) in [5.41, 5.74) is 2.68. The van der Waals surface area contributed by atoms with Gasteiger partial charge in [-0.25, -0.2) is 0 Å². The second-order valence-corrected chi connectivity index (χ2v) is 4.79. The second-order valence-electron chi connectivity index (χ2n) is 4.79. The van der Waals surface area contributed by atoms with Crippen LogP contribution in [-0.2, 0) is 17.9 Å². The number of ether oxygens (including phenoxy) is 2. The van der Waals surface area contributed by atoms with E-state index in [1.165, 1.54) is 0 Å². The molecule has 1 amide bonds. The van der Waals surface area contributed by atoms with E-state index in [0.29, 0.717) is 31.1 Å². The van der Waals surface area contributed by atoms with Crippen molar-refractivity contribution in [2.75, 3.05) is 13.7 Å². The summed E-state index contributed by atoms with van der Waals surface area (Å²) in [6.45, 7) is 3.64. The molecule has 4 nitrogen and oxygen atoms in total. The quantitative estimate of drug-likeness (QED) is 0.854. The number of para-hydroxylation sites is 1. The van der Waals surface area contributed by atoms with Crippen LogP contribution in [0.1, 0.15) is 28.4 Å². The van der Waals surface area contributed by atoms with Crippen molar-refractivity contribution in [3.63, 3.8) is 0 Å². The van der Waals surface area contributed by atoms with Crippen LogP contribution in [0.15, 0.2) is 48.5 Å². The molecule has 0 radical (unpaired) electrons. The van der Waals surface area contributed by atoms with Gasteiger partial charge in [0, 0.05) is 13.2 Å². The summed E-state index contributed by atoms with van der Waals surface area (Å²) >= 11 is 0. The van der Waals surface area contributed by atoms with E-state index in [1.54, 1.807) is 19.2 Å². The number of benzene rings is 2. The van der Waals surface area contributed by atoms with Gasteiger partial charge < -0.3 is 14.8 Å². The lowest BCUT2D eigenvalue weighted by atomic mass is 10.1. The summed E-state index contributed by atoms with van der Waals surface area (Å²) in [4.78, 5) is 12.3. The van der Waals surface area contributed by atoms with Gasteiger partial charge in [0.15, 0.2) is 0 Å². The Hall–Kier alpha value is -2.33. The average molecular weight is 299 g/mol. The van der Waals surface area contributed by atoms with E-state index in [0.717, 1.165) is 11.1 Å². The van der Waals surface area contributed by atoms with Crippen molar-refractivity contribution in [3.8, 4) is 5.75 Å². The molecule has 2 aromatic rings. The van der Waals surface area contributed by atoms with Gasteiger partial charge in [0.2, 0.25) is 0 Å². The third kappa shape index (κ3) is 4.09. The van der Waals surface area contributed by atoms with Crippen molar-refractivity contribution in [3.05, 3.63) is 65.2 Å². The molecule has 1 N–H and O–H groups in total. The zero-order valence-electron chi connectivity index (χ0n) is 13.0. The first-order valence-corrected chi connectivity index (χ1v) is 7.32. The van der Waals surface area contributed by atoms with E-state index >= 15 is 0 Å². The van der Waals surface area contributed by atoms with Crippen molar-refractivity contribution < 1.29 is 14.3 Å². The van der Waals surface area contributed by atoms with E-state index < -0.39 is 0 Å². The molecule has 0 aromatic heterocycles. The maximum absolute atomic E-state index is 12.3. The molecule has 0 saturated carbocycles. The van der Waals surface area contributed by atoms with Crippen LogP contribution < -0.4 is 10.1 Å². The lowest BCUT2D eigenvalue weighted by Crippen LogP contribution is -2.24. The van der Waals surface area contributed by atoms with Gasteiger partial charge in [-0.1, -0.05) is 36.4 Å². The Kier molecular flexibility index (Phi) is 5.98. The first kappa shape index (κ1) is 16.0. The minimum Gasteiger partial charge on any atom is -0.496 e. The standard InChI is InChI=1S/C18H21NO3/c1-3-22-13-15-9-5-4-8-14(15)12-19-18(20)16-10-6-7-11-17(16)21-2/h4-11H,3,12-13H2,1-2H3,(H,19,20). The molecule has 0 heterocycles. The molecule has 0 spiro atoms. The summed E-state index contributed by atoms with van der Waals surface area (Å²) in [6.07, 6.45) is 0. The van der Waals surface area contributed by atoms with Crippen LogP contribution in [-0.4, -0.2) is 19.6 Å². The van der Waals surface area contributed by atoms with E-state index in [2.05, 4.69) is 5.32 Å². The van der Waals surface area contributed by atoms with Gasteiger partial charge in [-0.3, -0.25) is 4.79 Å². The van der Waals surface area contributed by atoms with Crippen LogP contribution in [0.25, 0.3) is 0 Å². The highest BCUT2D eigenvalue weighted by Crippen LogP contribution is 2.17. The Balaban J connectivity index is 2.05. The molecule has 0 unspecified atom stereocenters. The van der Waals surface area contributed by atoms with Gasteiger partial charge in [0.1, 0.15) is 5.75 Å². The summed E-state index contributed by atoms with van der Waals surface area (Å²) < 4.78 is 10.7. The van der Waals surface area contributed by atoms with Crippen molar-refractivity contribution in [1.82, 2.24) is 5.32 Å². The van der Waals surface area contributed by atoms with Crippen LogP contribution in [0.3, 0.4) is 0 Å². The second kappa shape index (κ2) is 8.20. The van der Waals surface area contributed by atoms with Crippen LogP contribution >= 0.6 is 0 Å². The number of hydrogen-bond acceptors (Lipinski definition) is 3. The number of rotatable bonds is 7. The molecule has 0 aliphatic carbocycles. The lowest BCUT2D eigenvalue weighted by Gasteiger charge is -2.12. The fraction of sp³-hybridized carbons (Fsp3) is 0.278. The molecular formula is C18H21NO3. The molecule has 0 bridgehead atoms. The maximum atomic E-state index is 12.3. The summed E-state index contributed by atoms with van der Waals surface area (Å²) in [5, 5.41) is 2.93. The van der Waals surface area contributed by atoms with Gasteiger partial charge in [0.25, 0.3) is 5.91 Å². The first-order chi connectivity index (χ1) is 10.8. The van der Waals surface area contributed by atoms with E-state index in [4.69, 9.17) is 9.47 Å². The minimum atomic E-state index is -0.149. The Morgan fingerprint density at radius 1 is 1.05 bits per heavy atom. The molecule has 4 heteroatoms. The van der Waals surface area contributed by atoms with Crippen molar-refractivity contribution in [1.29, 1.82) is 0 Å². The highest BCUT2D eigenvalue weighted by molar-refractivity contribution is 5.96. The third-order valence-corrected chi connectivity index (χ3v) is 3.37. The molecule has 0 fully saturated rings. The van der Waals surface area contributed by atoms with Crippen molar-refractivity contribution in [2.24, 2.45) is 0 Å². The first-order valence-electron chi connectivity index (χ1n) is 7.32. The largest absolute Gasteiger partial charge is 0.496 e. The topological polar surface area (TPSA) is 47.6 Å². The highest BCUT2D eigenvalue weighted by atomic mass is 16.5. The number of methoxy groups -OCH3 is 1. The van der Waals surface area contributed by atoms with Gasteiger partial charge in [-0.2, -0.15) is 0 Å². The fourth-order valence-corrected chi connectivity index (χ4v) is 2.19. The van der Waals surface area contributed by atoms with Crippen LogP contribution in [0.4, 0.5) is 0 Å². The van der Waals surface area contributed by atoms with E-state index in [-0.39, 0.29) is 5.91 Å². The van der Waals surface area contributed by atoms with Crippen LogP contribution in [0.5, 0.6) is 5.75 Å². The Labute approximate surface area is 131 Å². The zero-order chi connectivity index (χ0) is 15.8. The third-order valence-electron chi connectivity index (χ3n) is 3.37. The van der Waals surface area contributed by atoms with Gasteiger partial charge in [0.05, 0.1) is 19.3 Å². The van der Waals surface area contributed by atoms with E-state index in [9.17, 15) is 4.79 Å². The SMILES string of the molecule is CCOCc1ccccc1CNC(=O)c1ccccc1OC.